The molecule has 1 heterocycles. The lowest BCUT2D eigenvalue weighted by atomic mass is 10.8. The first kappa shape index (κ1) is 6.83. The Bertz CT molecular complexity index is 198. The molecule has 0 aliphatic rings. The second-order valence-electron chi connectivity index (χ2n) is 1.46. The van der Waals surface area contributed by atoms with Gasteiger partial charge in [-0.2, -0.15) is 0 Å². The van der Waals surface area contributed by atoms with Gasteiger partial charge in [0.2, 0.25) is 11.8 Å². The van der Waals surface area contributed by atoms with E-state index in [2.05, 4.69) is 10.2 Å². The molecule has 9 heavy (non-hydrogen) atoms. The maximum atomic E-state index is 5.39. The van der Waals surface area contributed by atoms with Gasteiger partial charge < -0.3 is 4.42 Å². The smallest absolute Gasteiger partial charge is 0.249 e. The maximum Gasteiger partial charge on any atom is 0.249 e. The Morgan fingerprint density at radius 1 is 1.44 bits per heavy atom. The molecule has 0 saturated carbocycles. The van der Waals surface area contributed by atoms with Crippen LogP contribution in [-0.2, 0) is 0 Å². The summed E-state index contributed by atoms with van der Waals surface area (Å²) in [5.74, 6) is 0.715. The number of hydrogen-bond donors (Lipinski definition) is 0. The van der Waals surface area contributed by atoms with Crippen molar-refractivity contribution in [3.8, 4) is 0 Å². The van der Waals surface area contributed by atoms with Crippen LogP contribution in [0.15, 0.2) is 4.42 Å². The quantitative estimate of drug-likeness (QED) is 0.599. The summed E-state index contributed by atoms with van der Waals surface area (Å²) in [6, 6.07) is 0. The van der Waals surface area contributed by atoms with Gasteiger partial charge in [-0.3, -0.25) is 0 Å². The Balaban J connectivity index is 2.85. The highest BCUT2D eigenvalue weighted by molar-refractivity contribution is 6.43. The highest BCUT2D eigenvalue weighted by Gasteiger charge is 2.09. The number of aryl methyl sites for hydroxylation is 1. The fourth-order valence-electron chi connectivity index (χ4n) is 0.400. The lowest BCUT2D eigenvalue weighted by molar-refractivity contribution is 0.481. The molecule has 1 aromatic heterocycles. The topological polar surface area (TPSA) is 38.9 Å². The van der Waals surface area contributed by atoms with Crippen LogP contribution in [0.5, 0.6) is 0 Å². The molecule has 0 radical (unpaired) electrons. The summed E-state index contributed by atoms with van der Waals surface area (Å²) in [6.45, 7) is 1.67. The number of alkyl halides is 2. The second-order valence-corrected chi connectivity index (χ2v) is 2.56. The Morgan fingerprint density at radius 3 is 2.33 bits per heavy atom. The summed E-state index contributed by atoms with van der Waals surface area (Å²) in [5.41, 5.74) is 0. The molecule has 0 N–H and O–H groups in total. The van der Waals surface area contributed by atoms with Crippen LogP contribution in [0.4, 0.5) is 0 Å². The molecule has 0 saturated heterocycles. The van der Waals surface area contributed by atoms with Crippen LogP contribution >= 0.6 is 23.2 Å². The number of rotatable bonds is 1. The predicted octanol–water partition coefficient (Wildman–Crippen LogP) is 1.85. The predicted molar refractivity (Wildman–Crippen MR) is 33.5 cm³/mol. The first-order valence-corrected chi connectivity index (χ1v) is 3.15. The van der Waals surface area contributed by atoms with Crippen LogP contribution in [-0.4, -0.2) is 10.2 Å². The minimum Gasteiger partial charge on any atom is -0.423 e. The summed E-state index contributed by atoms with van der Waals surface area (Å²) >= 11 is 10.8. The van der Waals surface area contributed by atoms with Gasteiger partial charge in [-0.25, -0.2) is 0 Å². The molecule has 0 atom stereocenters. The summed E-state index contributed by atoms with van der Waals surface area (Å²) < 4.78 is 4.86. The molecule has 0 amide bonds. The van der Waals surface area contributed by atoms with Gasteiger partial charge in [0.1, 0.15) is 0 Å². The Kier molecular flexibility index (Phi) is 1.93. The summed E-state index contributed by atoms with van der Waals surface area (Å²) in [6.07, 6.45) is 0. The van der Waals surface area contributed by atoms with Crippen LogP contribution in [0.2, 0.25) is 0 Å². The van der Waals surface area contributed by atoms with Gasteiger partial charge in [-0.05, 0) is 0 Å². The Morgan fingerprint density at radius 2 is 2.11 bits per heavy atom. The zero-order valence-electron chi connectivity index (χ0n) is 4.64. The first-order valence-electron chi connectivity index (χ1n) is 2.28. The number of hydrogen-bond acceptors (Lipinski definition) is 3. The molecule has 0 spiro atoms. The highest BCUT2D eigenvalue weighted by atomic mass is 35.5. The Hall–Kier alpha value is -0.280. The minimum atomic E-state index is -0.716. The SMILES string of the molecule is Cc1nnc(C(Cl)Cl)o1. The fourth-order valence-corrected chi connectivity index (χ4v) is 0.576. The number of aromatic nitrogens is 2. The molecule has 0 bridgehead atoms. The van der Waals surface area contributed by atoms with Crippen molar-refractivity contribution in [1.29, 1.82) is 0 Å². The van der Waals surface area contributed by atoms with Gasteiger partial charge in [0, 0.05) is 6.92 Å². The van der Waals surface area contributed by atoms with Crippen molar-refractivity contribution in [1.82, 2.24) is 10.2 Å². The molecule has 50 valence electrons. The molecule has 0 fully saturated rings. The summed E-state index contributed by atoms with van der Waals surface area (Å²) in [5, 5.41) is 7.09. The number of halogens is 2. The van der Waals surface area contributed by atoms with E-state index in [0.29, 0.717) is 5.89 Å². The zero-order valence-corrected chi connectivity index (χ0v) is 6.15. The highest BCUT2D eigenvalue weighted by Crippen LogP contribution is 2.22. The minimum absolute atomic E-state index is 0.246. The third-order valence-electron chi connectivity index (χ3n) is 0.728. The molecule has 0 aliphatic heterocycles. The summed E-state index contributed by atoms with van der Waals surface area (Å²) in [4.78, 5) is -0.716. The van der Waals surface area contributed by atoms with E-state index in [1.165, 1.54) is 0 Å². The Labute approximate surface area is 62.0 Å². The van der Waals surface area contributed by atoms with Gasteiger partial charge in [-0.15, -0.1) is 10.2 Å². The normalized spacial score (nSPS) is 10.7. The zero-order chi connectivity index (χ0) is 6.85. The van der Waals surface area contributed by atoms with Crippen molar-refractivity contribution in [3.05, 3.63) is 11.8 Å². The van der Waals surface area contributed by atoms with Crippen molar-refractivity contribution in [2.45, 2.75) is 11.8 Å². The average molecular weight is 167 g/mol. The van der Waals surface area contributed by atoms with Crippen LogP contribution in [0.25, 0.3) is 0 Å². The van der Waals surface area contributed by atoms with E-state index in [1.807, 2.05) is 0 Å². The molecule has 3 nitrogen and oxygen atoms in total. The standard InChI is InChI=1S/C4H4Cl2N2O/c1-2-7-8-4(9-2)3(5)6/h3H,1H3. The van der Waals surface area contributed by atoms with E-state index < -0.39 is 4.84 Å². The van der Waals surface area contributed by atoms with Gasteiger partial charge in [-0.1, -0.05) is 23.2 Å². The molecule has 0 aliphatic carbocycles. The first-order chi connectivity index (χ1) is 4.20. The lowest BCUT2D eigenvalue weighted by Crippen LogP contribution is -1.78. The van der Waals surface area contributed by atoms with Gasteiger partial charge in [0.15, 0.2) is 4.84 Å². The molecule has 5 heteroatoms. The molecular formula is C4H4Cl2N2O. The third-order valence-corrected chi connectivity index (χ3v) is 1.10. The third kappa shape index (κ3) is 1.56. The number of nitrogens with zero attached hydrogens (tertiary/aromatic N) is 2. The van der Waals surface area contributed by atoms with Gasteiger partial charge in [0.05, 0.1) is 0 Å². The van der Waals surface area contributed by atoms with Crippen molar-refractivity contribution in [2.75, 3.05) is 0 Å². The molecule has 1 aromatic rings. The molecule has 0 unspecified atom stereocenters. The molecule has 0 aromatic carbocycles. The van der Waals surface area contributed by atoms with Crippen molar-refractivity contribution in [2.24, 2.45) is 0 Å². The van der Waals surface area contributed by atoms with E-state index >= 15 is 0 Å². The maximum absolute atomic E-state index is 5.39. The second kappa shape index (κ2) is 2.54. The van der Waals surface area contributed by atoms with E-state index in [1.54, 1.807) is 6.92 Å². The van der Waals surface area contributed by atoms with Crippen LogP contribution < -0.4 is 0 Å². The van der Waals surface area contributed by atoms with E-state index in [0.717, 1.165) is 0 Å². The largest absolute Gasteiger partial charge is 0.423 e. The van der Waals surface area contributed by atoms with E-state index in [4.69, 9.17) is 27.6 Å². The summed E-state index contributed by atoms with van der Waals surface area (Å²) in [7, 11) is 0. The van der Waals surface area contributed by atoms with Crippen molar-refractivity contribution < 1.29 is 4.42 Å². The van der Waals surface area contributed by atoms with Crippen LogP contribution in [0.3, 0.4) is 0 Å². The van der Waals surface area contributed by atoms with Gasteiger partial charge in [0.25, 0.3) is 0 Å². The lowest BCUT2D eigenvalue weighted by Gasteiger charge is -1.87. The average Bonchev–Trinajstić information content (AvgIpc) is 2.14. The molecule has 1 rings (SSSR count). The fraction of sp³-hybridized carbons (Fsp3) is 0.500. The van der Waals surface area contributed by atoms with E-state index in [-0.39, 0.29) is 5.89 Å². The van der Waals surface area contributed by atoms with Crippen molar-refractivity contribution >= 4 is 23.2 Å². The van der Waals surface area contributed by atoms with Gasteiger partial charge >= 0.3 is 0 Å². The van der Waals surface area contributed by atoms with Crippen molar-refractivity contribution in [3.63, 3.8) is 0 Å². The molecular weight excluding hydrogens is 163 g/mol. The van der Waals surface area contributed by atoms with Crippen LogP contribution in [0.1, 0.15) is 16.6 Å². The monoisotopic (exact) mass is 166 g/mol. The van der Waals surface area contributed by atoms with E-state index in [9.17, 15) is 0 Å². The van der Waals surface area contributed by atoms with Crippen LogP contribution in [0, 0.1) is 6.92 Å².